The molecule has 1 aromatic carbocycles. The summed E-state index contributed by atoms with van der Waals surface area (Å²) in [4.78, 5) is 4.04. The molecular formula is C13H14FN3O2S. The van der Waals surface area contributed by atoms with Gasteiger partial charge in [-0.25, -0.2) is 12.8 Å². The van der Waals surface area contributed by atoms with Crippen molar-refractivity contribution in [2.75, 3.05) is 16.2 Å². The molecule has 0 fully saturated rings. The number of sulfonamides is 1. The van der Waals surface area contributed by atoms with Gasteiger partial charge in [0.1, 0.15) is 5.82 Å². The summed E-state index contributed by atoms with van der Waals surface area (Å²) in [6.45, 7) is 0. The summed E-state index contributed by atoms with van der Waals surface area (Å²) >= 11 is 0. The third-order valence-electron chi connectivity index (χ3n) is 2.63. The van der Waals surface area contributed by atoms with E-state index in [9.17, 15) is 12.8 Å². The molecule has 0 saturated carbocycles. The summed E-state index contributed by atoms with van der Waals surface area (Å²) in [5, 5.41) is 0. The predicted octanol–water partition coefficient (Wildman–Crippen LogP) is 1.79. The highest BCUT2D eigenvalue weighted by molar-refractivity contribution is 7.92. The van der Waals surface area contributed by atoms with Gasteiger partial charge < -0.3 is 5.73 Å². The molecule has 0 atom stereocenters. The van der Waals surface area contributed by atoms with Gasteiger partial charge in [0.05, 0.1) is 17.1 Å². The van der Waals surface area contributed by atoms with E-state index in [1.807, 2.05) is 0 Å². The van der Waals surface area contributed by atoms with Gasteiger partial charge in [0, 0.05) is 24.4 Å². The van der Waals surface area contributed by atoms with Crippen LogP contribution in [0.4, 0.5) is 15.8 Å². The molecule has 0 unspecified atom stereocenters. The molecule has 106 valence electrons. The Labute approximate surface area is 116 Å². The maximum atomic E-state index is 13.1. The van der Waals surface area contributed by atoms with Crippen molar-refractivity contribution >= 4 is 21.4 Å². The van der Waals surface area contributed by atoms with Crippen LogP contribution in [0.25, 0.3) is 0 Å². The first-order valence-corrected chi connectivity index (χ1v) is 7.57. The first kappa shape index (κ1) is 14.3. The van der Waals surface area contributed by atoms with Crippen LogP contribution in [0.5, 0.6) is 0 Å². The number of hydrogen-bond acceptors (Lipinski definition) is 4. The Morgan fingerprint density at radius 1 is 1.25 bits per heavy atom. The first-order valence-electron chi connectivity index (χ1n) is 5.92. The fraction of sp³-hybridized carbons (Fsp3) is 0.154. The van der Waals surface area contributed by atoms with Crippen LogP contribution < -0.4 is 10.5 Å². The molecule has 0 saturated heterocycles. The van der Waals surface area contributed by atoms with Gasteiger partial charge in [0.25, 0.3) is 0 Å². The maximum absolute atomic E-state index is 13.1. The van der Waals surface area contributed by atoms with E-state index in [1.165, 1.54) is 12.1 Å². The number of nitrogens with two attached hydrogens (primary N) is 1. The number of halogens is 1. The molecule has 1 aromatic heterocycles. The Morgan fingerprint density at radius 3 is 2.75 bits per heavy atom. The smallest absolute Gasteiger partial charge is 0.233 e. The minimum Gasteiger partial charge on any atom is -0.397 e. The molecular weight excluding hydrogens is 281 g/mol. The third-order valence-corrected chi connectivity index (χ3v) is 3.91. The van der Waals surface area contributed by atoms with E-state index in [-0.39, 0.29) is 23.5 Å². The van der Waals surface area contributed by atoms with Crippen molar-refractivity contribution in [2.24, 2.45) is 0 Å². The second-order valence-electron chi connectivity index (χ2n) is 4.22. The van der Waals surface area contributed by atoms with Gasteiger partial charge in [0.2, 0.25) is 10.0 Å². The van der Waals surface area contributed by atoms with E-state index >= 15 is 0 Å². The molecule has 5 nitrogen and oxygen atoms in total. The summed E-state index contributed by atoms with van der Waals surface area (Å²) < 4.78 is 39.2. The van der Waals surface area contributed by atoms with Crippen molar-refractivity contribution in [1.82, 2.24) is 4.98 Å². The number of anilines is 2. The number of nitrogens with zero attached hydrogens (tertiary/aromatic N) is 1. The van der Waals surface area contributed by atoms with Crippen LogP contribution in [-0.4, -0.2) is 19.2 Å². The molecule has 0 bridgehead atoms. The number of aromatic nitrogens is 1. The Kier molecular flexibility index (Phi) is 4.19. The van der Waals surface area contributed by atoms with E-state index in [2.05, 4.69) is 9.71 Å². The van der Waals surface area contributed by atoms with Crippen molar-refractivity contribution < 1.29 is 12.8 Å². The summed E-state index contributed by atoms with van der Waals surface area (Å²) in [6, 6.07) is 8.81. The lowest BCUT2D eigenvalue weighted by atomic mass is 10.3. The van der Waals surface area contributed by atoms with Crippen LogP contribution >= 0.6 is 0 Å². The largest absolute Gasteiger partial charge is 0.397 e. The van der Waals surface area contributed by atoms with Crippen LogP contribution in [0.1, 0.15) is 5.69 Å². The van der Waals surface area contributed by atoms with Crippen LogP contribution in [0.2, 0.25) is 0 Å². The van der Waals surface area contributed by atoms with Gasteiger partial charge in [-0.05, 0) is 24.3 Å². The normalized spacial score (nSPS) is 11.2. The molecule has 0 aliphatic carbocycles. The highest BCUT2D eigenvalue weighted by atomic mass is 32.2. The average Bonchev–Trinajstić information content (AvgIpc) is 2.42. The Hall–Kier alpha value is -2.15. The lowest BCUT2D eigenvalue weighted by Crippen LogP contribution is -2.19. The highest BCUT2D eigenvalue weighted by Gasteiger charge is 2.13. The van der Waals surface area contributed by atoms with Crippen molar-refractivity contribution in [2.45, 2.75) is 6.42 Å². The first-order chi connectivity index (χ1) is 9.46. The van der Waals surface area contributed by atoms with Crippen LogP contribution in [0.3, 0.4) is 0 Å². The quantitative estimate of drug-likeness (QED) is 0.823. The van der Waals surface area contributed by atoms with Gasteiger partial charge in [0.15, 0.2) is 0 Å². The van der Waals surface area contributed by atoms with E-state index in [0.717, 1.165) is 6.07 Å². The standard InChI is InChI=1S/C13H14FN3O2S/c14-10-4-5-12(15)13(9-10)17-20(18,19)8-6-11-3-1-2-7-16-11/h1-5,7,9,17H,6,8,15H2. The molecule has 0 aliphatic rings. The minimum absolute atomic E-state index is 0.0472. The second-order valence-corrected chi connectivity index (χ2v) is 6.07. The van der Waals surface area contributed by atoms with Crippen LogP contribution in [0.15, 0.2) is 42.6 Å². The second kappa shape index (κ2) is 5.87. The van der Waals surface area contributed by atoms with Crippen molar-refractivity contribution in [1.29, 1.82) is 0 Å². The van der Waals surface area contributed by atoms with Crippen LogP contribution in [0, 0.1) is 5.82 Å². The molecule has 0 aliphatic heterocycles. The molecule has 2 aromatic rings. The summed E-state index contributed by atoms with van der Waals surface area (Å²) in [6.07, 6.45) is 1.87. The number of benzene rings is 1. The number of rotatable bonds is 5. The fourth-order valence-electron chi connectivity index (χ4n) is 1.62. The fourth-order valence-corrected chi connectivity index (χ4v) is 2.71. The van der Waals surface area contributed by atoms with Crippen molar-refractivity contribution in [3.8, 4) is 0 Å². The summed E-state index contributed by atoms with van der Waals surface area (Å²) in [7, 11) is -3.61. The summed E-state index contributed by atoms with van der Waals surface area (Å²) in [5.41, 5.74) is 6.49. The van der Waals surface area contributed by atoms with E-state index in [0.29, 0.717) is 5.69 Å². The average molecular weight is 295 g/mol. The molecule has 7 heteroatoms. The zero-order chi connectivity index (χ0) is 14.6. The van der Waals surface area contributed by atoms with Gasteiger partial charge in [-0.3, -0.25) is 9.71 Å². The molecule has 3 N–H and O–H groups in total. The van der Waals surface area contributed by atoms with Gasteiger partial charge >= 0.3 is 0 Å². The Bertz CT molecular complexity index is 690. The van der Waals surface area contributed by atoms with E-state index in [4.69, 9.17) is 5.73 Å². The number of aryl methyl sites for hydroxylation is 1. The lowest BCUT2D eigenvalue weighted by molar-refractivity contribution is 0.600. The maximum Gasteiger partial charge on any atom is 0.233 e. The molecule has 20 heavy (non-hydrogen) atoms. The zero-order valence-electron chi connectivity index (χ0n) is 10.6. The minimum atomic E-state index is -3.61. The zero-order valence-corrected chi connectivity index (χ0v) is 11.4. The monoisotopic (exact) mass is 295 g/mol. The SMILES string of the molecule is Nc1ccc(F)cc1NS(=O)(=O)CCc1ccccn1. The van der Waals surface area contributed by atoms with E-state index < -0.39 is 15.8 Å². The molecule has 0 radical (unpaired) electrons. The number of nitrogens with one attached hydrogen (secondary N) is 1. The molecule has 1 heterocycles. The lowest BCUT2D eigenvalue weighted by Gasteiger charge is -2.10. The molecule has 0 spiro atoms. The topological polar surface area (TPSA) is 85.1 Å². The Morgan fingerprint density at radius 2 is 2.05 bits per heavy atom. The van der Waals surface area contributed by atoms with Gasteiger partial charge in [-0.15, -0.1) is 0 Å². The number of nitrogen functional groups attached to an aromatic ring is 1. The predicted molar refractivity (Wildman–Crippen MR) is 76.2 cm³/mol. The Balaban J connectivity index is 2.06. The van der Waals surface area contributed by atoms with Gasteiger partial charge in [-0.1, -0.05) is 6.07 Å². The van der Waals surface area contributed by atoms with Gasteiger partial charge in [-0.2, -0.15) is 0 Å². The third kappa shape index (κ3) is 3.92. The molecule has 0 amide bonds. The summed E-state index contributed by atoms with van der Waals surface area (Å²) in [5.74, 6) is -0.707. The molecule has 2 rings (SSSR count). The highest BCUT2D eigenvalue weighted by Crippen LogP contribution is 2.20. The van der Waals surface area contributed by atoms with E-state index in [1.54, 1.807) is 24.4 Å². The number of hydrogen-bond donors (Lipinski definition) is 2. The number of pyridine rings is 1. The van der Waals surface area contributed by atoms with Crippen LogP contribution in [-0.2, 0) is 16.4 Å². The van der Waals surface area contributed by atoms with Crippen molar-refractivity contribution in [3.63, 3.8) is 0 Å². The van der Waals surface area contributed by atoms with Crippen molar-refractivity contribution in [3.05, 3.63) is 54.1 Å².